The van der Waals surface area contributed by atoms with Crippen molar-refractivity contribution < 1.29 is 27.2 Å². The predicted molar refractivity (Wildman–Crippen MR) is 118 cm³/mol. The van der Waals surface area contributed by atoms with E-state index in [9.17, 15) is 22.7 Å². The number of halogens is 1. The second kappa shape index (κ2) is 9.03. The molecule has 1 aliphatic rings. The van der Waals surface area contributed by atoms with Crippen molar-refractivity contribution in [2.24, 2.45) is 0 Å². The Hall–Kier alpha value is -3.11. The van der Waals surface area contributed by atoms with Crippen LogP contribution in [-0.2, 0) is 21.2 Å². The molecule has 1 fully saturated rings. The summed E-state index contributed by atoms with van der Waals surface area (Å²) in [5, 5.41) is 13.4. The van der Waals surface area contributed by atoms with Crippen LogP contribution < -0.4 is 4.72 Å². The van der Waals surface area contributed by atoms with Crippen molar-refractivity contribution in [3.8, 4) is 11.4 Å². The first-order chi connectivity index (χ1) is 15.6. The summed E-state index contributed by atoms with van der Waals surface area (Å²) in [6.45, 7) is 3.97. The van der Waals surface area contributed by atoms with Gasteiger partial charge in [-0.1, -0.05) is 37.2 Å². The van der Waals surface area contributed by atoms with E-state index in [0.29, 0.717) is 11.5 Å². The molecule has 1 aliphatic carbocycles. The minimum atomic E-state index is -4.08. The molecule has 3 aromatic rings. The number of rotatable bonds is 9. The first-order valence-corrected chi connectivity index (χ1v) is 12.1. The Bertz CT molecular complexity index is 1270. The Morgan fingerprint density at radius 3 is 2.48 bits per heavy atom. The second-order valence-corrected chi connectivity index (χ2v) is 10.2. The molecule has 0 aliphatic heterocycles. The Kier molecular flexibility index (Phi) is 6.31. The molecule has 0 spiro atoms. The summed E-state index contributed by atoms with van der Waals surface area (Å²) >= 11 is 0. The van der Waals surface area contributed by atoms with Crippen LogP contribution in [0, 0.1) is 5.82 Å². The van der Waals surface area contributed by atoms with E-state index in [4.69, 9.17) is 4.52 Å². The molecule has 1 unspecified atom stereocenters. The SMILES string of the molecule is CC(C)c1ccc(S(=O)(=O)NC(Cc2ccc(-c3noc(C4CC4)n3)c(F)c2)C(=O)O)cc1. The van der Waals surface area contributed by atoms with Gasteiger partial charge in [0.15, 0.2) is 0 Å². The molecule has 0 bridgehead atoms. The fourth-order valence-electron chi connectivity index (χ4n) is 3.41. The molecule has 174 valence electrons. The first kappa shape index (κ1) is 23.1. The summed E-state index contributed by atoms with van der Waals surface area (Å²) in [6, 6.07) is 8.89. The normalized spacial score (nSPS) is 15.0. The lowest BCUT2D eigenvalue weighted by Crippen LogP contribution is -2.42. The number of aliphatic carboxylic acids is 1. The highest BCUT2D eigenvalue weighted by Crippen LogP contribution is 2.39. The molecular weight excluding hydrogens is 449 g/mol. The first-order valence-electron chi connectivity index (χ1n) is 10.6. The van der Waals surface area contributed by atoms with Crippen LogP contribution >= 0.6 is 0 Å². The van der Waals surface area contributed by atoms with Gasteiger partial charge < -0.3 is 9.63 Å². The predicted octanol–water partition coefficient (Wildman–Crippen LogP) is 3.85. The quantitative estimate of drug-likeness (QED) is 0.484. The number of aromatic nitrogens is 2. The average Bonchev–Trinajstić information content (AvgIpc) is 3.50. The minimum Gasteiger partial charge on any atom is -0.480 e. The third-order valence-electron chi connectivity index (χ3n) is 5.54. The van der Waals surface area contributed by atoms with Gasteiger partial charge in [-0.05, 0) is 60.6 Å². The minimum absolute atomic E-state index is 0.0387. The number of carboxylic acid groups (broad SMARTS) is 1. The highest BCUT2D eigenvalue weighted by atomic mass is 32.2. The van der Waals surface area contributed by atoms with Crippen molar-refractivity contribution in [3.05, 3.63) is 65.3 Å². The van der Waals surface area contributed by atoms with Crippen LogP contribution in [0.5, 0.6) is 0 Å². The number of carboxylic acids is 1. The number of nitrogens with zero attached hydrogens (tertiary/aromatic N) is 2. The summed E-state index contributed by atoms with van der Waals surface area (Å²) in [7, 11) is -4.08. The number of carbonyl (C=O) groups is 1. The van der Waals surface area contributed by atoms with E-state index in [1.54, 1.807) is 12.1 Å². The van der Waals surface area contributed by atoms with Crippen molar-refractivity contribution in [1.29, 1.82) is 0 Å². The van der Waals surface area contributed by atoms with Crippen molar-refractivity contribution >= 4 is 16.0 Å². The molecule has 0 radical (unpaired) electrons. The van der Waals surface area contributed by atoms with Gasteiger partial charge in [-0.25, -0.2) is 12.8 Å². The Balaban J connectivity index is 1.50. The standard InChI is InChI=1S/C23H24FN3O5S/c1-13(2)15-6-8-17(9-7-15)33(30,31)27-20(23(28)29)12-14-3-10-18(19(24)11-14)21-25-22(32-26-21)16-4-5-16/h3,6-11,13,16,20,27H,4-5,12H2,1-2H3,(H,28,29). The molecular formula is C23H24FN3O5S. The Morgan fingerprint density at radius 2 is 1.91 bits per heavy atom. The fraction of sp³-hybridized carbons (Fsp3) is 0.348. The summed E-state index contributed by atoms with van der Waals surface area (Å²) in [5.74, 6) is -0.941. The summed E-state index contributed by atoms with van der Waals surface area (Å²) in [5.41, 5.74) is 1.41. The molecule has 10 heteroatoms. The molecule has 8 nitrogen and oxygen atoms in total. The molecule has 0 amide bonds. The molecule has 1 heterocycles. The van der Waals surface area contributed by atoms with Crippen LogP contribution in [0.2, 0.25) is 0 Å². The maximum Gasteiger partial charge on any atom is 0.322 e. The molecule has 4 rings (SSSR count). The molecule has 2 N–H and O–H groups in total. The van der Waals surface area contributed by atoms with E-state index in [-0.39, 0.29) is 34.5 Å². The lowest BCUT2D eigenvalue weighted by atomic mass is 10.0. The van der Waals surface area contributed by atoms with Crippen molar-refractivity contribution in [2.75, 3.05) is 0 Å². The Labute approximate surface area is 190 Å². The largest absolute Gasteiger partial charge is 0.480 e. The fourth-order valence-corrected chi connectivity index (χ4v) is 4.60. The van der Waals surface area contributed by atoms with E-state index < -0.39 is 27.9 Å². The third-order valence-corrected chi connectivity index (χ3v) is 7.02. The highest BCUT2D eigenvalue weighted by molar-refractivity contribution is 7.89. The number of nitrogens with one attached hydrogen (secondary N) is 1. The van der Waals surface area contributed by atoms with Crippen molar-refractivity contribution in [1.82, 2.24) is 14.9 Å². The zero-order valence-electron chi connectivity index (χ0n) is 18.2. The highest BCUT2D eigenvalue weighted by Gasteiger charge is 2.30. The van der Waals surface area contributed by atoms with Crippen LogP contribution in [0.15, 0.2) is 51.9 Å². The van der Waals surface area contributed by atoms with Crippen LogP contribution in [0.4, 0.5) is 4.39 Å². The molecule has 33 heavy (non-hydrogen) atoms. The molecule has 0 saturated heterocycles. The summed E-state index contributed by atoms with van der Waals surface area (Å²) < 4.78 is 47.5. The van der Waals surface area contributed by atoms with Crippen LogP contribution in [-0.4, -0.2) is 35.7 Å². The van der Waals surface area contributed by atoms with E-state index in [2.05, 4.69) is 14.9 Å². The summed E-state index contributed by atoms with van der Waals surface area (Å²) in [4.78, 5) is 15.9. The third kappa shape index (κ3) is 5.28. The number of hydrogen-bond donors (Lipinski definition) is 2. The van der Waals surface area contributed by atoms with Gasteiger partial charge >= 0.3 is 5.97 Å². The van der Waals surface area contributed by atoms with Crippen LogP contribution in [0.3, 0.4) is 0 Å². The lowest BCUT2D eigenvalue weighted by Gasteiger charge is -2.16. The second-order valence-electron chi connectivity index (χ2n) is 8.48. The molecule has 1 aromatic heterocycles. The van der Waals surface area contributed by atoms with Gasteiger partial charge in [0.2, 0.25) is 21.7 Å². The van der Waals surface area contributed by atoms with Crippen LogP contribution in [0.1, 0.15) is 55.5 Å². The van der Waals surface area contributed by atoms with E-state index >= 15 is 0 Å². The maximum atomic E-state index is 14.7. The van der Waals surface area contributed by atoms with Crippen molar-refractivity contribution in [3.63, 3.8) is 0 Å². The molecule has 1 atom stereocenters. The van der Waals surface area contributed by atoms with Gasteiger partial charge in [0, 0.05) is 5.92 Å². The zero-order chi connectivity index (χ0) is 23.8. The topological polar surface area (TPSA) is 122 Å². The van der Waals surface area contributed by atoms with E-state index in [1.807, 2.05) is 13.8 Å². The van der Waals surface area contributed by atoms with E-state index in [1.165, 1.54) is 24.3 Å². The number of hydrogen-bond acceptors (Lipinski definition) is 6. The molecule has 1 saturated carbocycles. The maximum absolute atomic E-state index is 14.7. The summed E-state index contributed by atoms with van der Waals surface area (Å²) in [6.07, 6.45) is 1.70. The van der Waals surface area contributed by atoms with Gasteiger partial charge in [0.25, 0.3) is 0 Å². The van der Waals surface area contributed by atoms with Gasteiger partial charge in [-0.15, -0.1) is 0 Å². The van der Waals surface area contributed by atoms with Crippen molar-refractivity contribution in [2.45, 2.75) is 55.9 Å². The number of sulfonamides is 1. The average molecular weight is 474 g/mol. The smallest absolute Gasteiger partial charge is 0.322 e. The number of benzene rings is 2. The lowest BCUT2D eigenvalue weighted by molar-refractivity contribution is -0.138. The van der Waals surface area contributed by atoms with Crippen LogP contribution in [0.25, 0.3) is 11.4 Å². The monoisotopic (exact) mass is 473 g/mol. The van der Waals surface area contributed by atoms with Gasteiger partial charge in [-0.2, -0.15) is 9.71 Å². The van der Waals surface area contributed by atoms with Gasteiger partial charge in [0.1, 0.15) is 11.9 Å². The molecule has 2 aromatic carbocycles. The van der Waals surface area contributed by atoms with Gasteiger partial charge in [-0.3, -0.25) is 4.79 Å². The Morgan fingerprint density at radius 1 is 1.21 bits per heavy atom. The zero-order valence-corrected chi connectivity index (χ0v) is 19.0. The van der Waals surface area contributed by atoms with E-state index in [0.717, 1.165) is 24.5 Å². The van der Waals surface area contributed by atoms with Gasteiger partial charge in [0.05, 0.1) is 10.5 Å².